The molecule has 6 heteroatoms. The second-order valence-electron chi connectivity index (χ2n) is 5.48. The number of rotatable bonds is 5. The van der Waals surface area contributed by atoms with E-state index in [2.05, 4.69) is 15.3 Å². The number of H-pyrrole nitrogens is 1. The molecule has 0 bridgehead atoms. The highest BCUT2D eigenvalue weighted by atomic mass is 32.2. The SMILES string of the molecule is O=C(CSc1ncc(-c2ccccc2)[nH]1)Nc1ccc2occc2c1. The molecule has 0 fully saturated rings. The van der Waals surface area contributed by atoms with Crippen LogP contribution in [0.4, 0.5) is 5.69 Å². The van der Waals surface area contributed by atoms with Gasteiger partial charge in [0.15, 0.2) is 5.16 Å². The number of benzene rings is 2. The van der Waals surface area contributed by atoms with Crippen LogP contribution in [-0.2, 0) is 4.79 Å². The minimum Gasteiger partial charge on any atom is -0.464 e. The van der Waals surface area contributed by atoms with E-state index >= 15 is 0 Å². The van der Waals surface area contributed by atoms with E-state index in [0.717, 1.165) is 33.1 Å². The molecule has 25 heavy (non-hydrogen) atoms. The molecule has 5 nitrogen and oxygen atoms in total. The normalized spacial score (nSPS) is 10.9. The van der Waals surface area contributed by atoms with Crippen LogP contribution >= 0.6 is 11.8 Å². The third kappa shape index (κ3) is 3.59. The Morgan fingerprint density at radius 2 is 2.04 bits per heavy atom. The van der Waals surface area contributed by atoms with Gasteiger partial charge >= 0.3 is 0 Å². The van der Waals surface area contributed by atoms with Crippen molar-refractivity contribution in [1.82, 2.24) is 9.97 Å². The van der Waals surface area contributed by atoms with Gasteiger partial charge in [0.1, 0.15) is 5.58 Å². The van der Waals surface area contributed by atoms with E-state index in [1.807, 2.05) is 54.6 Å². The van der Waals surface area contributed by atoms with Crippen LogP contribution in [0.1, 0.15) is 0 Å². The van der Waals surface area contributed by atoms with E-state index in [4.69, 9.17) is 4.42 Å². The summed E-state index contributed by atoms with van der Waals surface area (Å²) in [7, 11) is 0. The number of nitrogens with one attached hydrogen (secondary N) is 2. The van der Waals surface area contributed by atoms with Crippen molar-refractivity contribution in [3.05, 3.63) is 67.1 Å². The number of aromatic amines is 1. The lowest BCUT2D eigenvalue weighted by Gasteiger charge is -2.04. The number of nitrogens with zero attached hydrogens (tertiary/aromatic N) is 1. The number of imidazole rings is 1. The van der Waals surface area contributed by atoms with Crippen LogP contribution in [0.3, 0.4) is 0 Å². The maximum atomic E-state index is 12.1. The molecule has 2 heterocycles. The van der Waals surface area contributed by atoms with Crippen molar-refractivity contribution in [1.29, 1.82) is 0 Å². The molecule has 4 rings (SSSR count). The predicted octanol–water partition coefficient (Wildman–Crippen LogP) is 4.55. The average Bonchev–Trinajstić information content (AvgIpc) is 3.30. The number of carbonyl (C=O) groups excluding carboxylic acids is 1. The third-order valence-corrected chi connectivity index (χ3v) is 4.60. The maximum absolute atomic E-state index is 12.1. The van der Waals surface area contributed by atoms with Crippen LogP contribution < -0.4 is 5.32 Å². The predicted molar refractivity (Wildman–Crippen MR) is 99.6 cm³/mol. The molecule has 0 radical (unpaired) electrons. The van der Waals surface area contributed by atoms with E-state index in [-0.39, 0.29) is 11.7 Å². The standard InChI is InChI=1S/C19H15N3O2S/c23-18(21-15-6-7-17-14(10-15)8-9-24-17)12-25-19-20-11-16(22-19)13-4-2-1-3-5-13/h1-11H,12H2,(H,20,22)(H,21,23). The minimum atomic E-state index is -0.0782. The zero-order valence-electron chi connectivity index (χ0n) is 13.2. The van der Waals surface area contributed by atoms with Gasteiger partial charge in [-0.15, -0.1) is 0 Å². The molecule has 4 aromatic rings. The van der Waals surface area contributed by atoms with Gasteiger partial charge in [-0.3, -0.25) is 4.79 Å². The molecule has 0 unspecified atom stereocenters. The van der Waals surface area contributed by atoms with Gasteiger partial charge in [0.2, 0.25) is 5.91 Å². The number of anilines is 1. The second-order valence-corrected chi connectivity index (χ2v) is 6.44. The number of thioether (sulfide) groups is 1. The summed E-state index contributed by atoms with van der Waals surface area (Å²) in [6.45, 7) is 0. The van der Waals surface area contributed by atoms with Gasteiger partial charge in [0.05, 0.1) is 23.9 Å². The molecule has 0 aliphatic carbocycles. The Hall–Kier alpha value is -2.99. The first-order valence-electron chi connectivity index (χ1n) is 7.78. The van der Waals surface area contributed by atoms with Crippen molar-refractivity contribution in [2.24, 2.45) is 0 Å². The van der Waals surface area contributed by atoms with Gasteiger partial charge in [-0.2, -0.15) is 0 Å². The van der Waals surface area contributed by atoms with Crippen LogP contribution in [0, 0.1) is 0 Å². The smallest absolute Gasteiger partial charge is 0.234 e. The van der Waals surface area contributed by atoms with Gasteiger partial charge in [-0.1, -0.05) is 42.1 Å². The number of furan rings is 1. The second kappa shape index (κ2) is 6.86. The Kier molecular flexibility index (Phi) is 4.26. The van der Waals surface area contributed by atoms with E-state index < -0.39 is 0 Å². The minimum absolute atomic E-state index is 0.0782. The summed E-state index contributed by atoms with van der Waals surface area (Å²) in [5.74, 6) is 0.205. The van der Waals surface area contributed by atoms with E-state index in [0.29, 0.717) is 0 Å². The Morgan fingerprint density at radius 1 is 1.16 bits per heavy atom. The highest BCUT2D eigenvalue weighted by Crippen LogP contribution is 2.22. The molecule has 124 valence electrons. The molecular weight excluding hydrogens is 334 g/mol. The van der Waals surface area contributed by atoms with Crippen LogP contribution in [0.2, 0.25) is 0 Å². The summed E-state index contributed by atoms with van der Waals surface area (Å²) >= 11 is 1.37. The van der Waals surface area contributed by atoms with E-state index in [9.17, 15) is 4.79 Å². The Balaban J connectivity index is 1.36. The molecule has 2 N–H and O–H groups in total. The average molecular weight is 349 g/mol. The quantitative estimate of drug-likeness (QED) is 0.518. The van der Waals surface area contributed by atoms with Crippen molar-refractivity contribution in [2.45, 2.75) is 5.16 Å². The summed E-state index contributed by atoms with van der Waals surface area (Å²) in [5.41, 5.74) is 3.56. The largest absolute Gasteiger partial charge is 0.464 e. The fourth-order valence-corrected chi connectivity index (χ4v) is 3.17. The number of amides is 1. The number of hydrogen-bond donors (Lipinski definition) is 2. The summed E-state index contributed by atoms with van der Waals surface area (Å²) in [5, 5.41) is 4.57. The zero-order valence-corrected chi connectivity index (χ0v) is 14.0. The number of fused-ring (bicyclic) bond motifs is 1. The van der Waals surface area contributed by atoms with Gasteiger partial charge < -0.3 is 14.7 Å². The molecule has 0 atom stereocenters. The van der Waals surface area contributed by atoms with Crippen LogP contribution in [0.5, 0.6) is 0 Å². The molecule has 0 saturated carbocycles. The van der Waals surface area contributed by atoms with Crippen molar-refractivity contribution < 1.29 is 9.21 Å². The van der Waals surface area contributed by atoms with Crippen LogP contribution in [-0.4, -0.2) is 21.6 Å². The first kappa shape index (κ1) is 15.5. The van der Waals surface area contributed by atoms with Crippen molar-refractivity contribution in [2.75, 3.05) is 11.1 Å². The van der Waals surface area contributed by atoms with Gasteiger partial charge in [0.25, 0.3) is 0 Å². The lowest BCUT2D eigenvalue weighted by Crippen LogP contribution is -2.13. The molecule has 0 aliphatic heterocycles. The van der Waals surface area contributed by atoms with E-state index in [1.165, 1.54) is 11.8 Å². The molecule has 0 spiro atoms. The van der Waals surface area contributed by atoms with Crippen LogP contribution in [0.25, 0.3) is 22.2 Å². The molecular formula is C19H15N3O2S. The maximum Gasteiger partial charge on any atom is 0.234 e. The summed E-state index contributed by atoms with van der Waals surface area (Å²) in [6, 6.07) is 17.4. The monoisotopic (exact) mass is 349 g/mol. The van der Waals surface area contributed by atoms with Gasteiger partial charge in [0, 0.05) is 11.1 Å². The number of hydrogen-bond acceptors (Lipinski definition) is 4. The highest BCUT2D eigenvalue weighted by molar-refractivity contribution is 7.99. The molecule has 2 aromatic heterocycles. The van der Waals surface area contributed by atoms with Gasteiger partial charge in [-0.05, 0) is 29.8 Å². The third-order valence-electron chi connectivity index (χ3n) is 3.71. The summed E-state index contributed by atoms with van der Waals surface area (Å²) in [6.07, 6.45) is 3.41. The number of aromatic nitrogens is 2. The van der Waals surface area contributed by atoms with Crippen molar-refractivity contribution in [3.8, 4) is 11.3 Å². The first-order valence-corrected chi connectivity index (χ1v) is 8.77. The van der Waals surface area contributed by atoms with Crippen molar-refractivity contribution >= 4 is 34.3 Å². The van der Waals surface area contributed by atoms with Crippen molar-refractivity contribution in [3.63, 3.8) is 0 Å². The first-order chi connectivity index (χ1) is 12.3. The topological polar surface area (TPSA) is 70.9 Å². The zero-order chi connectivity index (χ0) is 17.1. The fourth-order valence-electron chi connectivity index (χ4n) is 2.52. The Bertz CT molecular complexity index is 1010. The molecule has 0 aliphatic rings. The highest BCUT2D eigenvalue weighted by Gasteiger charge is 2.08. The number of carbonyl (C=O) groups is 1. The lowest BCUT2D eigenvalue weighted by molar-refractivity contribution is -0.113. The molecule has 2 aromatic carbocycles. The fraction of sp³-hybridized carbons (Fsp3) is 0.0526. The Morgan fingerprint density at radius 3 is 2.92 bits per heavy atom. The van der Waals surface area contributed by atoms with Crippen LogP contribution in [0.15, 0.2) is 76.6 Å². The molecule has 0 saturated heterocycles. The van der Waals surface area contributed by atoms with Gasteiger partial charge in [-0.25, -0.2) is 4.98 Å². The molecule has 1 amide bonds. The lowest BCUT2D eigenvalue weighted by atomic mass is 10.2. The van der Waals surface area contributed by atoms with E-state index in [1.54, 1.807) is 12.5 Å². The summed E-state index contributed by atoms with van der Waals surface area (Å²) < 4.78 is 5.29. The summed E-state index contributed by atoms with van der Waals surface area (Å²) in [4.78, 5) is 19.7. The Labute approximate surface area is 148 Å².